The summed E-state index contributed by atoms with van der Waals surface area (Å²) in [6, 6.07) is 6.94. The molecule has 2 fully saturated rings. The molecular formula is C25H32N4O3. The van der Waals surface area contributed by atoms with Gasteiger partial charge < -0.3 is 19.1 Å². The maximum atomic E-state index is 11.8. The van der Waals surface area contributed by atoms with E-state index in [4.69, 9.17) is 9.47 Å². The first-order chi connectivity index (χ1) is 15.4. The quantitative estimate of drug-likeness (QED) is 0.662. The van der Waals surface area contributed by atoms with Gasteiger partial charge in [0, 0.05) is 55.4 Å². The summed E-state index contributed by atoms with van der Waals surface area (Å²) in [6.07, 6.45) is 3.36. The Kier molecular flexibility index (Phi) is 5.13. The molecule has 2 aliphatic rings. The van der Waals surface area contributed by atoms with Crippen molar-refractivity contribution in [3.05, 3.63) is 46.8 Å². The molecule has 0 bridgehead atoms. The number of nitrogens with zero attached hydrogens (tertiary/aromatic N) is 4. The number of aromatic nitrogens is 3. The standard InChI is InChI=1S/C25H32N4O3/c1-15-6-7-22-18(10-15)19(16(2)28(22)3)13-29-12-17-8-9-25(30,21(17)14-29)20-11-26-24(32-5)27-23(20)31-4/h6-7,10-11,17,21,30H,8-9,12-14H2,1-5H3/t17-,21+,25+/m1/s1. The number of methoxy groups -OCH3 is 2. The maximum absolute atomic E-state index is 11.8. The van der Waals surface area contributed by atoms with Gasteiger partial charge in [-0.25, -0.2) is 4.98 Å². The molecule has 3 aromatic rings. The molecular weight excluding hydrogens is 404 g/mol. The lowest BCUT2D eigenvalue weighted by Gasteiger charge is -2.31. The maximum Gasteiger partial charge on any atom is 0.319 e. The Labute approximate surface area is 189 Å². The third-order valence-corrected chi connectivity index (χ3v) is 7.76. The molecule has 32 heavy (non-hydrogen) atoms. The van der Waals surface area contributed by atoms with Crippen LogP contribution in [0.4, 0.5) is 0 Å². The number of aryl methyl sites for hydroxylation is 2. The summed E-state index contributed by atoms with van der Waals surface area (Å²) in [4.78, 5) is 11.1. The zero-order valence-corrected chi connectivity index (χ0v) is 19.6. The van der Waals surface area contributed by atoms with Crippen LogP contribution in [-0.4, -0.2) is 51.9 Å². The van der Waals surface area contributed by atoms with Crippen molar-refractivity contribution in [1.29, 1.82) is 0 Å². The van der Waals surface area contributed by atoms with Gasteiger partial charge in [0.25, 0.3) is 0 Å². The number of fused-ring (bicyclic) bond motifs is 2. The number of hydrogen-bond donors (Lipinski definition) is 1. The second-order valence-corrected chi connectivity index (χ2v) is 9.45. The Hall–Kier alpha value is -2.64. The SMILES string of the molecule is COc1ncc([C@@]2(O)CC[C@@H]3CN(Cc4c(C)n(C)c5ccc(C)cc45)C[C@@H]32)c(OC)n1. The molecule has 5 rings (SSSR count). The highest BCUT2D eigenvalue weighted by atomic mass is 16.5. The Balaban J connectivity index is 1.43. The van der Waals surface area contributed by atoms with Crippen LogP contribution in [0.5, 0.6) is 11.9 Å². The van der Waals surface area contributed by atoms with Gasteiger partial charge in [0.15, 0.2) is 0 Å². The van der Waals surface area contributed by atoms with Crippen molar-refractivity contribution in [3.63, 3.8) is 0 Å². The Morgan fingerprint density at radius 3 is 2.75 bits per heavy atom. The van der Waals surface area contributed by atoms with Crippen molar-refractivity contribution in [2.75, 3.05) is 27.3 Å². The van der Waals surface area contributed by atoms with Crippen molar-refractivity contribution < 1.29 is 14.6 Å². The van der Waals surface area contributed by atoms with Gasteiger partial charge in [-0.2, -0.15) is 4.98 Å². The summed E-state index contributed by atoms with van der Waals surface area (Å²) in [5.41, 5.74) is 4.94. The molecule has 3 heterocycles. The predicted molar refractivity (Wildman–Crippen MR) is 123 cm³/mol. The average Bonchev–Trinajstić information content (AvgIpc) is 3.42. The van der Waals surface area contributed by atoms with Gasteiger partial charge >= 0.3 is 6.01 Å². The summed E-state index contributed by atoms with van der Waals surface area (Å²) < 4.78 is 12.9. The minimum Gasteiger partial charge on any atom is -0.481 e. The number of rotatable bonds is 5. The number of benzene rings is 1. The summed E-state index contributed by atoms with van der Waals surface area (Å²) in [5, 5.41) is 13.2. The molecule has 1 aliphatic carbocycles. The lowest BCUT2D eigenvalue weighted by atomic mass is 9.83. The fourth-order valence-corrected chi connectivity index (χ4v) is 5.94. The fraction of sp³-hybridized carbons (Fsp3) is 0.520. The highest BCUT2D eigenvalue weighted by molar-refractivity contribution is 5.86. The zero-order chi connectivity index (χ0) is 22.6. The largest absolute Gasteiger partial charge is 0.481 e. The van der Waals surface area contributed by atoms with E-state index in [0.717, 1.165) is 26.1 Å². The number of likely N-dealkylation sites (tertiary alicyclic amines) is 1. The van der Waals surface area contributed by atoms with Crippen molar-refractivity contribution in [2.45, 2.75) is 38.8 Å². The van der Waals surface area contributed by atoms with E-state index in [-0.39, 0.29) is 11.9 Å². The van der Waals surface area contributed by atoms with Crippen molar-refractivity contribution in [1.82, 2.24) is 19.4 Å². The van der Waals surface area contributed by atoms with Gasteiger partial charge in [-0.3, -0.25) is 4.90 Å². The van der Waals surface area contributed by atoms with E-state index in [2.05, 4.69) is 58.5 Å². The molecule has 3 atom stereocenters. The van der Waals surface area contributed by atoms with E-state index in [1.165, 1.54) is 34.8 Å². The smallest absolute Gasteiger partial charge is 0.319 e. The monoisotopic (exact) mass is 436 g/mol. The van der Waals surface area contributed by atoms with Crippen LogP contribution in [0, 0.1) is 25.7 Å². The summed E-state index contributed by atoms with van der Waals surface area (Å²) >= 11 is 0. The average molecular weight is 437 g/mol. The lowest BCUT2D eigenvalue weighted by Crippen LogP contribution is -2.35. The van der Waals surface area contributed by atoms with Gasteiger partial charge in [0.1, 0.15) is 5.60 Å². The van der Waals surface area contributed by atoms with E-state index < -0.39 is 5.60 Å². The molecule has 1 N–H and O–H groups in total. The topological polar surface area (TPSA) is 72.6 Å². The molecule has 170 valence electrons. The van der Waals surface area contributed by atoms with Crippen LogP contribution in [0.2, 0.25) is 0 Å². The summed E-state index contributed by atoms with van der Waals surface area (Å²) in [6.45, 7) is 7.09. The van der Waals surface area contributed by atoms with E-state index in [9.17, 15) is 5.11 Å². The van der Waals surface area contributed by atoms with E-state index in [1.54, 1.807) is 13.3 Å². The molecule has 1 saturated carbocycles. The van der Waals surface area contributed by atoms with Crippen molar-refractivity contribution >= 4 is 10.9 Å². The van der Waals surface area contributed by atoms with Gasteiger partial charge in [-0.1, -0.05) is 11.6 Å². The molecule has 0 unspecified atom stereocenters. The van der Waals surface area contributed by atoms with Crippen molar-refractivity contribution in [2.24, 2.45) is 18.9 Å². The Morgan fingerprint density at radius 2 is 2.00 bits per heavy atom. The summed E-state index contributed by atoms with van der Waals surface area (Å²) in [5.74, 6) is 0.980. The molecule has 7 heteroatoms. The van der Waals surface area contributed by atoms with Gasteiger partial charge in [-0.15, -0.1) is 0 Å². The van der Waals surface area contributed by atoms with Crippen LogP contribution in [0.3, 0.4) is 0 Å². The van der Waals surface area contributed by atoms with Crippen LogP contribution in [0.15, 0.2) is 24.4 Å². The Bertz CT molecular complexity index is 1170. The Morgan fingerprint density at radius 1 is 1.19 bits per heavy atom. The van der Waals surface area contributed by atoms with Gasteiger partial charge in [0.2, 0.25) is 5.88 Å². The third kappa shape index (κ3) is 3.18. The molecule has 0 spiro atoms. The second-order valence-electron chi connectivity index (χ2n) is 9.45. The molecule has 0 amide bonds. The minimum atomic E-state index is -0.985. The van der Waals surface area contributed by atoms with E-state index in [0.29, 0.717) is 23.8 Å². The minimum absolute atomic E-state index is 0.130. The molecule has 1 aliphatic heterocycles. The highest BCUT2D eigenvalue weighted by Crippen LogP contribution is 2.52. The van der Waals surface area contributed by atoms with E-state index >= 15 is 0 Å². The number of aliphatic hydroxyl groups is 1. The molecule has 1 saturated heterocycles. The molecule has 2 aromatic heterocycles. The van der Waals surface area contributed by atoms with E-state index in [1.807, 2.05) is 0 Å². The second kappa shape index (κ2) is 7.74. The first-order valence-corrected chi connectivity index (χ1v) is 11.3. The van der Waals surface area contributed by atoms with Crippen LogP contribution >= 0.6 is 0 Å². The van der Waals surface area contributed by atoms with Gasteiger partial charge in [0.05, 0.1) is 19.8 Å². The lowest BCUT2D eigenvalue weighted by molar-refractivity contribution is -0.00971. The number of ether oxygens (including phenoxy) is 2. The van der Waals surface area contributed by atoms with Crippen molar-refractivity contribution in [3.8, 4) is 11.9 Å². The van der Waals surface area contributed by atoms with Crippen LogP contribution in [-0.2, 0) is 19.2 Å². The van der Waals surface area contributed by atoms with Gasteiger partial charge in [-0.05, 0) is 50.3 Å². The van der Waals surface area contributed by atoms with Crippen LogP contribution < -0.4 is 9.47 Å². The zero-order valence-electron chi connectivity index (χ0n) is 19.6. The molecule has 7 nitrogen and oxygen atoms in total. The van der Waals surface area contributed by atoms with Crippen LogP contribution in [0.1, 0.15) is 35.2 Å². The first kappa shape index (κ1) is 21.2. The van der Waals surface area contributed by atoms with Crippen LogP contribution in [0.25, 0.3) is 10.9 Å². The third-order valence-electron chi connectivity index (χ3n) is 7.76. The molecule has 0 radical (unpaired) electrons. The number of hydrogen-bond acceptors (Lipinski definition) is 6. The molecule has 1 aromatic carbocycles. The summed E-state index contributed by atoms with van der Waals surface area (Å²) in [7, 11) is 5.25. The predicted octanol–water partition coefficient (Wildman–Crippen LogP) is 3.33. The normalized spacial score (nSPS) is 25.4. The highest BCUT2D eigenvalue weighted by Gasteiger charge is 2.54. The first-order valence-electron chi connectivity index (χ1n) is 11.3. The fourth-order valence-electron chi connectivity index (χ4n) is 5.94.